The van der Waals surface area contributed by atoms with Crippen LogP contribution < -0.4 is 5.32 Å². The number of hydrogen-bond donors (Lipinski definition) is 2. The van der Waals surface area contributed by atoms with Crippen LogP contribution in [0.25, 0.3) is 0 Å². The van der Waals surface area contributed by atoms with E-state index in [2.05, 4.69) is 5.32 Å². The molecule has 0 spiro atoms. The largest absolute Gasteiger partial charge is 0.480 e. The Bertz CT molecular complexity index is 300. The second-order valence-electron chi connectivity index (χ2n) is 5.20. The number of amides is 1. The third kappa shape index (κ3) is 2.72. The van der Waals surface area contributed by atoms with Crippen LogP contribution in [0.15, 0.2) is 0 Å². The molecule has 0 aliphatic carbocycles. The minimum absolute atomic E-state index is 0.110. The first-order valence-corrected chi connectivity index (χ1v) is 5.55. The lowest BCUT2D eigenvalue weighted by Gasteiger charge is -2.29. The molecule has 1 heterocycles. The number of nitrogens with one attached hydrogen (secondary N) is 1. The zero-order valence-corrected chi connectivity index (χ0v) is 10.3. The van der Waals surface area contributed by atoms with Crippen LogP contribution in [0.4, 0.5) is 0 Å². The van der Waals surface area contributed by atoms with Crippen LogP contribution in [0.3, 0.4) is 0 Å². The Hall–Kier alpha value is -1.10. The van der Waals surface area contributed by atoms with E-state index >= 15 is 0 Å². The second-order valence-corrected chi connectivity index (χ2v) is 5.20. The van der Waals surface area contributed by atoms with Crippen molar-refractivity contribution >= 4 is 11.9 Å². The summed E-state index contributed by atoms with van der Waals surface area (Å²) in [7, 11) is 0. The predicted molar refractivity (Wildman–Crippen MR) is 59.8 cm³/mol. The lowest BCUT2D eigenvalue weighted by molar-refractivity contribution is -0.145. The summed E-state index contributed by atoms with van der Waals surface area (Å²) >= 11 is 0. The maximum atomic E-state index is 12.0. The van der Waals surface area contributed by atoms with Crippen molar-refractivity contribution in [2.24, 2.45) is 5.92 Å². The van der Waals surface area contributed by atoms with Crippen molar-refractivity contribution in [3.05, 3.63) is 0 Å². The Balaban J connectivity index is 2.78. The molecule has 5 heteroatoms. The summed E-state index contributed by atoms with van der Waals surface area (Å²) < 4.78 is 0. The van der Waals surface area contributed by atoms with Gasteiger partial charge in [0.15, 0.2) is 0 Å². The highest BCUT2D eigenvalue weighted by Gasteiger charge is 2.44. The van der Waals surface area contributed by atoms with Crippen molar-refractivity contribution in [3.8, 4) is 0 Å². The highest BCUT2D eigenvalue weighted by Crippen LogP contribution is 2.23. The van der Waals surface area contributed by atoms with Gasteiger partial charge < -0.3 is 10.0 Å². The maximum absolute atomic E-state index is 12.0. The fourth-order valence-corrected chi connectivity index (χ4v) is 2.07. The molecular formula is C11H20N2O3. The van der Waals surface area contributed by atoms with E-state index in [9.17, 15) is 9.59 Å². The molecule has 0 aromatic carbocycles. The lowest BCUT2D eigenvalue weighted by Crippen LogP contribution is -2.49. The van der Waals surface area contributed by atoms with Gasteiger partial charge in [-0.05, 0) is 26.2 Å². The number of carboxylic acids is 1. The van der Waals surface area contributed by atoms with Gasteiger partial charge in [-0.2, -0.15) is 0 Å². The summed E-state index contributed by atoms with van der Waals surface area (Å²) in [5, 5.41) is 12.0. The van der Waals surface area contributed by atoms with Gasteiger partial charge in [0.25, 0.3) is 0 Å². The van der Waals surface area contributed by atoms with Crippen molar-refractivity contribution in [1.82, 2.24) is 10.2 Å². The summed E-state index contributed by atoms with van der Waals surface area (Å²) in [6.07, 6.45) is 0.735. The third-order valence-corrected chi connectivity index (χ3v) is 2.77. The van der Waals surface area contributed by atoms with Crippen LogP contribution in [0.5, 0.6) is 0 Å². The van der Waals surface area contributed by atoms with Crippen molar-refractivity contribution in [2.75, 3.05) is 6.54 Å². The molecule has 0 bridgehead atoms. The average molecular weight is 228 g/mol. The molecule has 16 heavy (non-hydrogen) atoms. The fourth-order valence-electron chi connectivity index (χ4n) is 2.07. The van der Waals surface area contributed by atoms with Crippen molar-refractivity contribution in [3.63, 3.8) is 0 Å². The Morgan fingerprint density at radius 1 is 1.56 bits per heavy atom. The summed E-state index contributed by atoms with van der Waals surface area (Å²) in [4.78, 5) is 24.1. The third-order valence-electron chi connectivity index (χ3n) is 2.77. The number of carbonyl (C=O) groups is 2. The highest BCUT2D eigenvalue weighted by molar-refractivity contribution is 5.88. The van der Waals surface area contributed by atoms with Gasteiger partial charge in [0.2, 0.25) is 5.91 Å². The molecule has 0 aromatic rings. The number of aliphatic carboxylic acids is 1. The average Bonchev–Trinajstić information content (AvgIpc) is 2.27. The van der Waals surface area contributed by atoms with Crippen LogP contribution in [-0.4, -0.2) is 40.1 Å². The molecular weight excluding hydrogens is 208 g/mol. The van der Waals surface area contributed by atoms with Gasteiger partial charge in [-0.3, -0.25) is 14.9 Å². The monoisotopic (exact) mass is 228 g/mol. The van der Waals surface area contributed by atoms with E-state index in [0.29, 0.717) is 5.92 Å². The first-order valence-electron chi connectivity index (χ1n) is 5.55. The van der Waals surface area contributed by atoms with Gasteiger partial charge in [0.1, 0.15) is 6.54 Å². The summed E-state index contributed by atoms with van der Waals surface area (Å²) in [5.74, 6) is -0.684. The van der Waals surface area contributed by atoms with E-state index in [1.54, 1.807) is 0 Å². The molecule has 1 saturated heterocycles. The molecule has 1 rings (SSSR count). The molecule has 1 aliphatic heterocycles. The number of carbonyl (C=O) groups excluding carboxylic acids is 1. The molecule has 2 N–H and O–H groups in total. The molecule has 1 fully saturated rings. The summed E-state index contributed by atoms with van der Waals surface area (Å²) in [6.45, 7) is 7.50. The molecule has 0 radical (unpaired) electrons. The smallest absolute Gasteiger partial charge is 0.323 e. The molecule has 1 unspecified atom stereocenters. The van der Waals surface area contributed by atoms with Gasteiger partial charge in [0.05, 0.1) is 11.7 Å². The minimum atomic E-state index is -0.978. The van der Waals surface area contributed by atoms with E-state index < -0.39 is 11.6 Å². The molecule has 5 nitrogen and oxygen atoms in total. The Morgan fingerprint density at radius 3 is 2.56 bits per heavy atom. The highest BCUT2D eigenvalue weighted by atomic mass is 16.4. The zero-order valence-electron chi connectivity index (χ0n) is 10.3. The van der Waals surface area contributed by atoms with Crippen LogP contribution in [0, 0.1) is 5.92 Å². The summed E-state index contributed by atoms with van der Waals surface area (Å²) in [5.41, 5.74) is -0.574. The Morgan fingerprint density at radius 2 is 2.12 bits per heavy atom. The lowest BCUT2D eigenvalue weighted by atomic mass is 10.0. The molecule has 1 aliphatic rings. The standard InChI is InChI=1S/C11H20N2O3/c1-7(2)5-8-10(16)13(6-9(14)15)11(3,4)12-8/h7-8,12H,5-6H2,1-4H3,(H,14,15). The van der Waals surface area contributed by atoms with Crippen LogP contribution >= 0.6 is 0 Å². The van der Waals surface area contributed by atoms with Crippen molar-refractivity contribution < 1.29 is 14.7 Å². The van der Waals surface area contributed by atoms with E-state index in [0.717, 1.165) is 6.42 Å². The second kappa shape index (κ2) is 4.41. The molecule has 1 amide bonds. The van der Waals surface area contributed by atoms with E-state index in [1.165, 1.54) is 4.90 Å². The molecule has 0 saturated carbocycles. The number of carboxylic acid groups (broad SMARTS) is 1. The predicted octanol–water partition coefficient (Wildman–Crippen LogP) is 0.654. The van der Waals surface area contributed by atoms with Gasteiger partial charge in [0, 0.05) is 0 Å². The number of rotatable bonds is 4. The molecule has 0 aromatic heterocycles. The van der Waals surface area contributed by atoms with Crippen molar-refractivity contribution in [1.29, 1.82) is 0 Å². The quantitative estimate of drug-likeness (QED) is 0.741. The van der Waals surface area contributed by atoms with Gasteiger partial charge in [-0.15, -0.1) is 0 Å². The maximum Gasteiger partial charge on any atom is 0.323 e. The Labute approximate surface area is 95.8 Å². The minimum Gasteiger partial charge on any atom is -0.480 e. The molecule has 1 atom stereocenters. The first kappa shape index (κ1) is 13.0. The van der Waals surface area contributed by atoms with Gasteiger partial charge in [-0.1, -0.05) is 13.8 Å². The number of hydrogen-bond acceptors (Lipinski definition) is 3. The molecule has 92 valence electrons. The first-order chi connectivity index (χ1) is 7.24. The fraction of sp³-hybridized carbons (Fsp3) is 0.818. The van der Waals surface area contributed by atoms with Gasteiger partial charge >= 0.3 is 5.97 Å². The van der Waals surface area contributed by atoms with E-state index in [-0.39, 0.29) is 18.5 Å². The normalized spacial score (nSPS) is 24.2. The van der Waals surface area contributed by atoms with Crippen LogP contribution in [0.1, 0.15) is 34.1 Å². The van der Waals surface area contributed by atoms with Gasteiger partial charge in [-0.25, -0.2) is 0 Å². The summed E-state index contributed by atoms with van der Waals surface area (Å²) in [6, 6.07) is -0.255. The van der Waals surface area contributed by atoms with Crippen LogP contribution in [0.2, 0.25) is 0 Å². The number of nitrogens with zero attached hydrogens (tertiary/aromatic N) is 1. The Kier molecular flexibility index (Phi) is 3.57. The van der Waals surface area contributed by atoms with Crippen molar-refractivity contribution in [2.45, 2.75) is 45.8 Å². The zero-order chi connectivity index (χ0) is 12.5. The van der Waals surface area contributed by atoms with Crippen LogP contribution in [-0.2, 0) is 9.59 Å². The van der Waals surface area contributed by atoms with E-state index in [4.69, 9.17) is 5.11 Å². The topological polar surface area (TPSA) is 69.6 Å². The van der Waals surface area contributed by atoms with E-state index in [1.807, 2.05) is 27.7 Å². The SMILES string of the molecule is CC(C)CC1NC(C)(C)N(CC(=O)O)C1=O.